The van der Waals surface area contributed by atoms with Gasteiger partial charge in [0.2, 0.25) is 0 Å². The lowest BCUT2D eigenvalue weighted by atomic mass is 10.0. The summed E-state index contributed by atoms with van der Waals surface area (Å²) in [6, 6.07) is 0. The Hall–Kier alpha value is -3.15. The summed E-state index contributed by atoms with van der Waals surface area (Å²) in [7, 11) is 0. The van der Waals surface area contributed by atoms with Crippen LogP contribution in [0.1, 0.15) is 348 Å². The predicted octanol–water partition coefficient (Wildman–Crippen LogP) is 23.3. The summed E-state index contributed by atoms with van der Waals surface area (Å²) < 4.78 is 16.9. The van der Waals surface area contributed by atoms with Gasteiger partial charge in [-0.3, -0.25) is 14.4 Å². The molecular weight excluding hydrogens is 961 g/mol. The molecule has 6 heteroatoms. The second-order valence-corrected chi connectivity index (χ2v) is 22.7. The van der Waals surface area contributed by atoms with Crippen LogP contribution < -0.4 is 0 Å². The van der Waals surface area contributed by atoms with Crippen molar-refractivity contribution < 1.29 is 28.6 Å². The van der Waals surface area contributed by atoms with E-state index in [1.165, 1.54) is 205 Å². The lowest BCUT2D eigenvalue weighted by molar-refractivity contribution is -0.167. The van der Waals surface area contributed by atoms with Crippen LogP contribution in [0.5, 0.6) is 0 Å². The van der Waals surface area contributed by atoms with Gasteiger partial charge >= 0.3 is 17.9 Å². The number of carbonyl (C=O) groups is 3. The summed E-state index contributed by atoms with van der Waals surface area (Å²) in [6.07, 6.45) is 86.5. The minimum absolute atomic E-state index is 0.0886. The summed E-state index contributed by atoms with van der Waals surface area (Å²) in [5.74, 6) is -0.914. The zero-order chi connectivity index (χ0) is 56.4. The molecule has 0 fully saturated rings. The first-order chi connectivity index (χ1) is 38.5. The molecule has 0 aliphatic heterocycles. The first kappa shape index (κ1) is 74.8. The van der Waals surface area contributed by atoms with Crippen molar-refractivity contribution in [1.29, 1.82) is 0 Å². The second-order valence-electron chi connectivity index (χ2n) is 22.7. The number of hydrogen-bond donors (Lipinski definition) is 0. The van der Waals surface area contributed by atoms with Gasteiger partial charge in [0.05, 0.1) is 0 Å². The Morgan fingerprint density at radius 3 is 0.821 bits per heavy atom. The molecule has 0 saturated heterocycles. The molecule has 6 nitrogen and oxygen atoms in total. The molecule has 452 valence electrons. The number of hydrogen-bond acceptors (Lipinski definition) is 6. The molecule has 0 aromatic heterocycles. The first-order valence-electron chi connectivity index (χ1n) is 33.9. The first-order valence-corrected chi connectivity index (χ1v) is 33.9. The molecule has 0 heterocycles. The molecule has 1 unspecified atom stereocenters. The monoisotopic (exact) mass is 1090 g/mol. The Balaban J connectivity index is 4.26. The maximum Gasteiger partial charge on any atom is 0.306 e. The van der Waals surface area contributed by atoms with Crippen LogP contribution in [0.2, 0.25) is 0 Å². The Bertz CT molecular complexity index is 1440. The van der Waals surface area contributed by atoms with E-state index in [0.29, 0.717) is 19.3 Å². The van der Waals surface area contributed by atoms with Crippen LogP contribution in [-0.2, 0) is 28.6 Å². The molecule has 0 amide bonds. The summed E-state index contributed by atoms with van der Waals surface area (Å²) >= 11 is 0. The van der Waals surface area contributed by atoms with Gasteiger partial charge in [0, 0.05) is 19.3 Å². The molecule has 0 saturated carbocycles. The van der Waals surface area contributed by atoms with E-state index < -0.39 is 6.10 Å². The van der Waals surface area contributed by atoms with Crippen LogP contribution in [-0.4, -0.2) is 37.2 Å². The third-order valence-electron chi connectivity index (χ3n) is 14.9. The SMILES string of the molecule is CC/C=C\C/C=C\C/C=C\C/C=C\C/C=C\CCCCCC(=O)OC(COC(=O)CCCCCCC/C=C\CCCCCC)COC(=O)CCCCCCCCCCCCCCCCCCCCCCCCCCCCCC. The van der Waals surface area contributed by atoms with Crippen LogP contribution in [0.3, 0.4) is 0 Å². The van der Waals surface area contributed by atoms with Crippen molar-refractivity contribution in [1.82, 2.24) is 0 Å². The van der Waals surface area contributed by atoms with Crippen LogP contribution in [0, 0.1) is 0 Å². The minimum Gasteiger partial charge on any atom is -0.462 e. The van der Waals surface area contributed by atoms with Gasteiger partial charge in [-0.25, -0.2) is 0 Å². The minimum atomic E-state index is -0.796. The topological polar surface area (TPSA) is 78.9 Å². The normalized spacial score (nSPS) is 12.5. The van der Waals surface area contributed by atoms with E-state index in [2.05, 4.69) is 93.7 Å². The van der Waals surface area contributed by atoms with Gasteiger partial charge in [0.1, 0.15) is 13.2 Å². The van der Waals surface area contributed by atoms with Gasteiger partial charge in [-0.15, -0.1) is 0 Å². The van der Waals surface area contributed by atoms with Crippen molar-refractivity contribution in [3.8, 4) is 0 Å². The molecule has 1 atom stereocenters. The molecule has 0 aromatic rings. The summed E-state index contributed by atoms with van der Waals surface area (Å²) in [5.41, 5.74) is 0. The van der Waals surface area contributed by atoms with Gasteiger partial charge < -0.3 is 14.2 Å². The third kappa shape index (κ3) is 63.7. The number of allylic oxidation sites excluding steroid dienone is 12. The van der Waals surface area contributed by atoms with Crippen molar-refractivity contribution in [2.45, 2.75) is 354 Å². The number of rotatable bonds is 62. The fourth-order valence-electron chi connectivity index (χ4n) is 9.88. The van der Waals surface area contributed by atoms with E-state index in [9.17, 15) is 14.4 Å². The largest absolute Gasteiger partial charge is 0.462 e. The van der Waals surface area contributed by atoms with Crippen molar-refractivity contribution in [2.75, 3.05) is 13.2 Å². The molecule has 0 aliphatic carbocycles. The molecule has 0 spiro atoms. The van der Waals surface area contributed by atoms with E-state index in [1.54, 1.807) is 0 Å². The maximum absolute atomic E-state index is 12.9. The molecule has 0 aliphatic rings. The Morgan fingerprint density at radius 1 is 0.269 bits per heavy atom. The molecule has 0 aromatic carbocycles. The molecule has 0 bridgehead atoms. The lowest BCUT2D eigenvalue weighted by Gasteiger charge is -2.18. The highest BCUT2D eigenvalue weighted by Crippen LogP contribution is 2.18. The van der Waals surface area contributed by atoms with E-state index in [4.69, 9.17) is 14.2 Å². The molecule has 78 heavy (non-hydrogen) atoms. The van der Waals surface area contributed by atoms with E-state index in [1.807, 2.05) is 0 Å². The second kappa shape index (κ2) is 66.4. The van der Waals surface area contributed by atoms with E-state index in [0.717, 1.165) is 103 Å². The van der Waals surface area contributed by atoms with Gasteiger partial charge in [-0.1, -0.05) is 312 Å². The Labute approximate surface area is 484 Å². The number of esters is 3. The average molecular weight is 1090 g/mol. The van der Waals surface area contributed by atoms with Gasteiger partial charge in [0.15, 0.2) is 6.10 Å². The molecule has 0 radical (unpaired) electrons. The third-order valence-corrected chi connectivity index (χ3v) is 14.9. The highest BCUT2D eigenvalue weighted by Gasteiger charge is 2.19. The van der Waals surface area contributed by atoms with E-state index in [-0.39, 0.29) is 31.1 Å². The summed E-state index contributed by atoms with van der Waals surface area (Å²) in [4.78, 5) is 38.3. The molecular formula is C72H128O6. The van der Waals surface area contributed by atoms with Gasteiger partial charge in [-0.05, 0) is 89.9 Å². The van der Waals surface area contributed by atoms with Crippen molar-refractivity contribution in [2.24, 2.45) is 0 Å². The van der Waals surface area contributed by atoms with Crippen LogP contribution in [0.4, 0.5) is 0 Å². The van der Waals surface area contributed by atoms with Crippen LogP contribution in [0.15, 0.2) is 72.9 Å². The average Bonchev–Trinajstić information content (AvgIpc) is 3.44. The zero-order valence-corrected chi connectivity index (χ0v) is 51.9. The zero-order valence-electron chi connectivity index (χ0n) is 51.9. The number of carbonyl (C=O) groups excluding carboxylic acids is 3. The van der Waals surface area contributed by atoms with E-state index >= 15 is 0 Å². The van der Waals surface area contributed by atoms with Crippen LogP contribution >= 0.6 is 0 Å². The lowest BCUT2D eigenvalue weighted by Crippen LogP contribution is -2.30. The Kier molecular flexibility index (Phi) is 63.7. The maximum atomic E-state index is 12.9. The number of unbranched alkanes of at least 4 members (excludes halogenated alkanes) is 39. The predicted molar refractivity (Wildman–Crippen MR) is 339 cm³/mol. The van der Waals surface area contributed by atoms with Crippen molar-refractivity contribution in [3.63, 3.8) is 0 Å². The van der Waals surface area contributed by atoms with Crippen molar-refractivity contribution >= 4 is 17.9 Å². The highest BCUT2D eigenvalue weighted by atomic mass is 16.6. The van der Waals surface area contributed by atoms with Crippen LogP contribution in [0.25, 0.3) is 0 Å². The fraction of sp³-hybridized carbons (Fsp3) is 0.792. The fourth-order valence-corrected chi connectivity index (χ4v) is 9.88. The standard InChI is InChI=1S/C72H128O6/c1-4-7-10-13-16-19-22-25-27-29-31-32-33-34-35-36-37-38-39-41-42-44-47-50-53-56-59-62-65-71(74)77-68-69(67-76-70(73)64-61-58-55-52-49-46-24-21-18-15-12-9-6-3)78-72(75)66-63-60-57-54-51-48-45-43-40-30-28-26-23-20-17-14-11-8-5-2/h8,11,17,20-21,24,26,28,40,43,48,51,69H,4-7,9-10,12-16,18-19,22-23,25,27,29-39,41-42,44-47,49-50,52-68H2,1-3H3/b11-8-,20-17-,24-21-,28-26-,43-40-,51-48-. The number of ether oxygens (including phenoxy) is 3. The highest BCUT2D eigenvalue weighted by molar-refractivity contribution is 5.71. The molecule has 0 N–H and O–H groups in total. The van der Waals surface area contributed by atoms with Gasteiger partial charge in [-0.2, -0.15) is 0 Å². The van der Waals surface area contributed by atoms with Gasteiger partial charge in [0.25, 0.3) is 0 Å². The summed E-state index contributed by atoms with van der Waals surface area (Å²) in [6.45, 7) is 6.52. The summed E-state index contributed by atoms with van der Waals surface area (Å²) in [5, 5.41) is 0. The van der Waals surface area contributed by atoms with Crippen molar-refractivity contribution in [3.05, 3.63) is 72.9 Å². The Morgan fingerprint density at radius 2 is 0.500 bits per heavy atom. The smallest absolute Gasteiger partial charge is 0.306 e. The quantitative estimate of drug-likeness (QED) is 0.0261. The molecule has 0 rings (SSSR count).